The Labute approximate surface area is 79.3 Å². The minimum absolute atomic E-state index is 0.256. The summed E-state index contributed by atoms with van der Waals surface area (Å²) < 4.78 is 0. The summed E-state index contributed by atoms with van der Waals surface area (Å²) in [6.45, 7) is 0. The van der Waals surface area contributed by atoms with E-state index in [4.69, 9.17) is 41.2 Å². The summed E-state index contributed by atoms with van der Waals surface area (Å²) in [5.74, 6) is 0. The normalized spacial score (nSPS) is 9.64. The molecule has 1 heterocycles. The van der Waals surface area contributed by atoms with E-state index < -0.39 is 0 Å². The van der Waals surface area contributed by atoms with Crippen LogP contribution in [0, 0.1) is 0 Å². The van der Waals surface area contributed by atoms with Crippen LogP contribution in [0.5, 0.6) is 0 Å². The van der Waals surface area contributed by atoms with Crippen LogP contribution in [0.25, 0.3) is 0 Å². The van der Waals surface area contributed by atoms with Gasteiger partial charge in [0, 0.05) is 11.8 Å². The molecule has 5 heteroatoms. The quantitative estimate of drug-likeness (QED) is 0.565. The molecule has 0 aliphatic rings. The fourth-order valence-corrected chi connectivity index (χ4v) is 0.937. The third-order valence-electron chi connectivity index (χ3n) is 1.08. The first-order valence-corrected chi connectivity index (χ1v) is 3.88. The van der Waals surface area contributed by atoms with Crippen LogP contribution in [0.1, 0.15) is 5.56 Å². The van der Waals surface area contributed by atoms with Gasteiger partial charge in [0.15, 0.2) is 0 Å². The Morgan fingerprint density at radius 1 is 1.55 bits per heavy atom. The highest BCUT2D eigenvalue weighted by Gasteiger charge is 2.01. The highest BCUT2D eigenvalue weighted by atomic mass is 35.5. The minimum Gasteiger partial charge on any atom is -0.389 e. The van der Waals surface area contributed by atoms with Crippen LogP contribution >= 0.6 is 35.4 Å². The molecule has 58 valence electrons. The number of nitrogens with two attached hydrogens (primary N) is 1. The molecule has 1 rings (SSSR count). The average molecular weight is 207 g/mol. The van der Waals surface area contributed by atoms with E-state index in [0.29, 0.717) is 10.6 Å². The van der Waals surface area contributed by atoms with Crippen molar-refractivity contribution in [2.75, 3.05) is 0 Å². The summed E-state index contributed by atoms with van der Waals surface area (Å²) in [7, 11) is 0. The van der Waals surface area contributed by atoms with Crippen LogP contribution in [0.3, 0.4) is 0 Å². The fourth-order valence-electron chi connectivity index (χ4n) is 0.556. The van der Waals surface area contributed by atoms with Crippen LogP contribution in [-0.4, -0.2) is 9.97 Å². The molecule has 0 saturated carbocycles. The number of rotatable bonds is 1. The molecule has 1 aromatic heterocycles. The molecule has 0 fully saturated rings. The van der Waals surface area contributed by atoms with Crippen molar-refractivity contribution < 1.29 is 0 Å². The number of nitrogens with zero attached hydrogens (tertiary/aromatic N) is 1. The Morgan fingerprint density at radius 2 is 2.18 bits per heavy atom. The van der Waals surface area contributed by atoms with E-state index in [1.807, 2.05) is 0 Å². The highest BCUT2D eigenvalue weighted by molar-refractivity contribution is 7.80. The molecule has 0 bridgehead atoms. The van der Waals surface area contributed by atoms with E-state index >= 15 is 0 Å². The van der Waals surface area contributed by atoms with Crippen molar-refractivity contribution in [3.8, 4) is 0 Å². The number of hydrogen-bond donors (Lipinski definition) is 1. The number of hydrogen-bond acceptors (Lipinski definition) is 2. The van der Waals surface area contributed by atoms with Crippen molar-refractivity contribution in [1.82, 2.24) is 4.98 Å². The molecule has 0 radical (unpaired) electrons. The number of pyridine rings is 1. The Hall–Kier alpha value is -0.380. The van der Waals surface area contributed by atoms with Crippen molar-refractivity contribution in [1.29, 1.82) is 0 Å². The van der Waals surface area contributed by atoms with Crippen molar-refractivity contribution in [3.63, 3.8) is 0 Å². The highest BCUT2D eigenvalue weighted by Crippen LogP contribution is 2.19. The second-order valence-corrected chi connectivity index (χ2v) is 3.07. The molecule has 0 aliphatic heterocycles. The first kappa shape index (κ1) is 8.71. The summed E-state index contributed by atoms with van der Waals surface area (Å²) in [5.41, 5.74) is 5.94. The second-order valence-electron chi connectivity index (χ2n) is 1.86. The van der Waals surface area contributed by atoms with Gasteiger partial charge in [0.05, 0.1) is 5.02 Å². The Kier molecular flexibility index (Phi) is 2.65. The smallest absolute Gasteiger partial charge is 0.147 e. The maximum atomic E-state index is 5.65. The van der Waals surface area contributed by atoms with Gasteiger partial charge in [-0.05, 0) is 6.07 Å². The first-order valence-electron chi connectivity index (χ1n) is 2.72. The third-order valence-corrected chi connectivity index (χ3v) is 2.00. The molecular formula is C6H4Cl2N2S. The lowest BCUT2D eigenvalue weighted by Crippen LogP contribution is -2.09. The number of thiocarbonyl (C=S) groups is 1. The Bertz CT molecular complexity index is 301. The van der Waals surface area contributed by atoms with E-state index in [1.165, 1.54) is 6.20 Å². The summed E-state index contributed by atoms with van der Waals surface area (Å²) in [4.78, 5) is 4.03. The van der Waals surface area contributed by atoms with Crippen molar-refractivity contribution >= 4 is 40.4 Å². The topological polar surface area (TPSA) is 38.9 Å². The van der Waals surface area contributed by atoms with Crippen molar-refractivity contribution in [2.45, 2.75) is 0 Å². The monoisotopic (exact) mass is 206 g/mol. The summed E-state index contributed by atoms with van der Waals surface area (Å²) >= 11 is 15.9. The molecule has 0 amide bonds. The van der Waals surface area contributed by atoms with Gasteiger partial charge in [0.2, 0.25) is 0 Å². The van der Waals surface area contributed by atoms with E-state index in [-0.39, 0.29) is 10.1 Å². The van der Waals surface area contributed by atoms with E-state index in [0.717, 1.165) is 0 Å². The van der Waals surface area contributed by atoms with Crippen molar-refractivity contribution in [2.24, 2.45) is 5.73 Å². The molecular weight excluding hydrogens is 203 g/mol. The lowest BCUT2D eigenvalue weighted by Gasteiger charge is -1.98. The van der Waals surface area contributed by atoms with E-state index in [9.17, 15) is 0 Å². The predicted octanol–water partition coefficient (Wildman–Crippen LogP) is 2.02. The van der Waals surface area contributed by atoms with Gasteiger partial charge in [0.1, 0.15) is 10.1 Å². The zero-order valence-corrected chi connectivity index (χ0v) is 7.67. The SMILES string of the molecule is NC(=S)c1cnc(Cl)c(Cl)c1. The van der Waals surface area contributed by atoms with Crippen LogP contribution < -0.4 is 5.73 Å². The molecule has 1 aromatic rings. The lowest BCUT2D eigenvalue weighted by molar-refractivity contribution is 1.31. The molecule has 0 atom stereocenters. The maximum absolute atomic E-state index is 5.65. The molecule has 0 aromatic carbocycles. The zero-order chi connectivity index (χ0) is 8.43. The average Bonchev–Trinajstić information content (AvgIpc) is 1.94. The van der Waals surface area contributed by atoms with Gasteiger partial charge in [-0.1, -0.05) is 35.4 Å². The molecule has 0 saturated heterocycles. The van der Waals surface area contributed by atoms with Gasteiger partial charge in [-0.3, -0.25) is 0 Å². The Morgan fingerprint density at radius 3 is 2.64 bits per heavy atom. The molecule has 0 aliphatic carbocycles. The van der Waals surface area contributed by atoms with Crippen LogP contribution in [0.2, 0.25) is 10.2 Å². The molecule has 2 nitrogen and oxygen atoms in total. The second kappa shape index (κ2) is 3.34. The molecule has 0 unspecified atom stereocenters. The summed E-state index contributed by atoms with van der Waals surface area (Å²) in [6, 6.07) is 1.58. The van der Waals surface area contributed by atoms with Gasteiger partial charge < -0.3 is 5.73 Å². The molecule has 2 N–H and O–H groups in total. The standard InChI is InChI=1S/C6H4Cl2N2S/c7-4-1-3(6(9)11)2-10-5(4)8/h1-2H,(H2,9,11). The molecule has 0 spiro atoms. The summed E-state index contributed by atoms with van der Waals surface area (Å²) in [5, 5.41) is 0.614. The lowest BCUT2D eigenvalue weighted by atomic mass is 10.3. The number of aromatic nitrogens is 1. The first-order chi connectivity index (χ1) is 5.11. The summed E-state index contributed by atoms with van der Waals surface area (Å²) in [6.07, 6.45) is 1.48. The maximum Gasteiger partial charge on any atom is 0.147 e. The van der Waals surface area contributed by atoms with Gasteiger partial charge in [-0.2, -0.15) is 0 Å². The predicted molar refractivity (Wildman–Crippen MR) is 50.1 cm³/mol. The van der Waals surface area contributed by atoms with Gasteiger partial charge in [-0.15, -0.1) is 0 Å². The van der Waals surface area contributed by atoms with Crippen LogP contribution in [0.15, 0.2) is 12.3 Å². The minimum atomic E-state index is 0.256. The third kappa shape index (κ3) is 2.02. The van der Waals surface area contributed by atoms with Gasteiger partial charge in [-0.25, -0.2) is 4.98 Å². The Balaban J connectivity index is 3.15. The zero-order valence-electron chi connectivity index (χ0n) is 5.34. The van der Waals surface area contributed by atoms with E-state index in [2.05, 4.69) is 4.98 Å². The van der Waals surface area contributed by atoms with E-state index in [1.54, 1.807) is 6.07 Å². The van der Waals surface area contributed by atoms with Gasteiger partial charge in [0.25, 0.3) is 0 Å². The molecule has 11 heavy (non-hydrogen) atoms. The van der Waals surface area contributed by atoms with Crippen LogP contribution in [-0.2, 0) is 0 Å². The fraction of sp³-hybridized carbons (Fsp3) is 0. The van der Waals surface area contributed by atoms with Gasteiger partial charge >= 0.3 is 0 Å². The number of halogens is 2. The van der Waals surface area contributed by atoms with Crippen molar-refractivity contribution in [3.05, 3.63) is 28.0 Å². The largest absolute Gasteiger partial charge is 0.389 e. The van der Waals surface area contributed by atoms with Crippen LogP contribution in [0.4, 0.5) is 0 Å².